The summed E-state index contributed by atoms with van der Waals surface area (Å²) in [6, 6.07) is 15.8. The van der Waals surface area contributed by atoms with Gasteiger partial charge in [-0.25, -0.2) is 0 Å². The molecule has 4 heteroatoms. The first-order chi connectivity index (χ1) is 11.1. The van der Waals surface area contributed by atoms with Crippen molar-refractivity contribution in [3.8, 4) is 5.75 Å². The SMILES string of the molecule is CCOc1ccc(CN(C)CC(=O)Nc2ccc(C)cc2)cc1. The number of ether oxygens (including phenoxy) is 1. The first kappa shape index (κ1) is 17.0. The van der Waals surface area contributed by atoms with Gasteiger partial charge in [-0.1, -0.05) is 29.8 Å². The zero-order valence-electron chi connectivity index (χ0n) is 14.0. The number of nitrogens with zero attached hydrogens (tertiary/aromatic N) is 1. The van der Waals surface area contributed by atoms with E-state index < -0.39 is 0 Å². The smallest absolute Gasteiger partial charge is 0.238 e. The monoisotopic (exact) mass is 312 g/mol. The maximum Gasteiger partial charge on any atom is 0.238 e. The Bertz CT molecular complexity index is 621. The summed E-state index contributed by atoms with van der Waals surface area (Å²) in [5, 5.41) is 2.91. The average molecular weight is 312 g/mol. The summed E-state index contributed by atoms with van der Waals surface area (Å²) >= 11 is 0. The third-order valence-corrected chi connectivity index (χ3v) is 3.44. The van der Waals surface area contributed by atoms with Gasteiger partial charge in [-0.3, -0.25) is 9.69 Å². The average Bonchev–Trinajstić information content (AvgIpc) is 2.51. The third-order valence-electron chi connectivity index (χ3n) is 3.44. The van der Waals surface area contributed by atoms with Crippen molar-refractivity contribution in [1.82, 2.24) is 4.90 Å². The van der Waals surface area contributed by atoms with Gasteiger partial charge in [0.1, 0.15) is 5.75 Å². The van der Waals surface area contributed by atoms with Crippen molar-refractivity contribution in [2.24, 2.45) is 0 Å². The molecule has 0 bridgehead atoms. The van der Waals surface area contributed by atoms with Gasteiger partial charge in [0, 0.05) is 12.2 Å². The van der Waals surface area contributed by atoms with Crippen LogP contribution in [0.25, 0.3) is 0 Å². The molecule has 122 valence electrons. The van der Waals surface area contributed by atoms with E-state index in [9.17, 15) is 4.79 Å². The van der Waals surface area contributed by atoms with E-state index in [0.29, 0.717) is 19.7 Å². The van der Waals surface area contributed by atoms with Crippen molar-refractivity contribution in [3.05, 3.63) is 59.7 Å². The Balaban J connectivity index is 1.82. The van der Waals surface area contributed by atoms with Gasteiger partial charge in [-0.05, 0) is 50.7 Å². The van der Waals surface area contributed by atoms with Crippen LogP contribution in [-0.2, 0) is 11.3 Å². The molecule has 0 aliphatic heterocycles. The molecule has 0 heterocycles. The van der Waals surface area contributed by atoms with Crippen molar-refractivity contribution in [2.75, 3.05) is 25.5 Å². The summed E-state index contributed by atoms with van der Waals surface area (Å²) in [5.74, 6) is 0.860. The summed E-state index contributed by atoms with van der Waals surface area (Å²) in [4.78, 5) is 14.0. The minimum absolute atomic E-state index is 0.0118. The Kier molecular flexibility index (Phi) is 6.18. The maximum atomic E-state index is 12.1. The predicted octanol–water partition coefficient (Wildman–Crippen LogP) is 3.46. The van der Waals surface area contributed by atoms with Crippen molar-refractivity contribution in [2.45, 2.75) is 20.4 Å². The molecule has 0 saturated carbocycles. The van der Waals surface area contributed by atoms with Gasteiger partial charge in [-0.2, -0.15) is 0 Å². The number of nitrogens with one attached hydrogen (secondary N) is 1. The van der Waals surface area contributed by atoms with Gasteiger partial charge in [0.15, 0.2) is 0 Å². The van der Waals surface area contributed by atoms with E-state index in [1.165, 1.54) is 5.56 Å². The van der Waals surface area contributed by atoms with Crippen LogP contribution in [0.3, 0.4) is 0 Å². The highest BCUT2D eigenvalue weighted by Gasteiger charge is 2.08. The molecule has 0 unspecified atom stereocenters. The van der Waals surface area contributed by atoms with Gasteiger partial charge < -0.3 is 10.1 Å². The molecular formula is C19H24N2O2. The number of benzene rings is 2. The predicted molar refractivity (Wildman–Crippen MR) is 93.8 cm³/mol. The highest BCUT2D eigenvalue weighted by atomic mass is 16.5. The van der Waals surface area contributed by atoms with Gasteiger partial charge >= 0.3 is 0 Å². The zero-order valence-corrected chi connectivity index (χ0v) is 14.0. The largest absolute Gasteiger partial charge is 0.494 e. The quantitative estimate of drug-likeness (QED) is 0.851. The lowest BCUT2D eigenvalue weighted by molar-refractivity contribution is -0.117. The van der Waals surface area contributed by atoms with Crippen LogP contribution < -0.4 is 10.1 Å². The molecular weight excluding hydrogens is 288 g/mol. The molecule has 2 aromatic carbocycles. The minimum Gasteiger partial charge on any atom is -0.494 e. The number of likely N-dealkylation sites (N-methyl/N-ethyl adjacent to an activating group) is 1. The Morgan fingerprint density at radius 3 is 2.35 bits per heavy atom. The Morgan fingerprint density at radius 1 is 1.09 bits per heavy atom. The molecule has 0 radical (unpaired) electrons. The standard InChI is InChI=1S/C19H24N2O2/c1-4-23-18-11-7-16(8-12-18)13-21(3)14-19(22)20-17-9-5-15(2)6-10-17/h5-12H,4,13-14H2,1-3H3,(H,20,22). The summed E-state index contributed by atoms with van der Waals surface area (Å²) in [6.07, 6.45) is 0. The van der Waals surface area contributed by atoms with E-state index in [2.05, 4.69) is 5.32 Å². The molecule has 1 N–H and O–H groups in total. The van der Waals surface area contributed by atoms with Crippen molar-refractivity contribution in [3.63, 3.8) is 0 Å². The molecule has 0 saturated heterocycles. The number of carbonyl (C=O) groups is 1. The number of carbonyl (C=O) groups excluding carboxylic acids is 1. The molecule has 2 aromatic rings. The van der Waals surface area contributed by atoms with Gasteiger partial charge in [0.2, 0.25) is 5.91 Å². The fourth-order valence-electron chi connectivity index (χ4n) is 2.31. The molecule has 0 atom stereocenters. The second-order valence-corrected chi connectivity index (χ2v) is 5.66. The van der Waals surface area contributed by atoms with E-state index in [1.54, 1.807) is 0 Å². The van der Waals surface area contributed by atoms with Crippen molar-refractivity contribution in [1.29, 1.82) is 0 Å². The molecule has 23 heavy (non-hydrogen) atoms. The number of hydrogen-bond acceptors (Lipinski definition) is 3. The number of amides is 1. The number of hydrogen-bond donors (Lipinski definition) is 1. The van der Waals surface area contributed by atoms with Gasteiger partial charge in [0.05, 0.1) is 13.2 Å². The van der Waals surface area contributed by atoms with E-state index >= 15 is 0 Å². The fraction of sp³-hybridized carbons (Fsp3) is 0.316. The highest BCUT2D eigenvalue weighted by molar-refractivity contribution is 5.92. The first-order valence-corrected chi connectivity index (χ1v) is 7.83. The second-order valence-electron chi connectivity index (χ2n) is 5.66. The number of aryl methyl sites for hydroxylation is 1. The Morgan fingerprint density at radius 2 is 1.74 bits per heavy atom. The summed E-state index contributed by atoms with van der Waals surface area (Å²) in [6.45, 7) is 5.72. The normalized spacial score (nSPS) is 10.6. The Hall–Kier alpha value is -2.33. The minimum atomic E-state index is -0.0118. The molecule has 0 fully saturated rings. The maximum absolute atomic E-state index is 12.1. The van der Waals surface area contributed by atoms with E-state index in [-0.39, 0.29) is 5.91 Å². The number of rotatable bonds is 7. The molecule has 4 nitrogen and oxygen atoms in total. The van der Waals surface area contributed by atoms with Gasteiger partial charge in [0.25, 0.3) is 0 Å². The first-order valence-electron chi connectivity index (χ1n) is 7.83. The zero-order chi connectivity index (χ0) is 16.7. The van der Waals surface area contributed by atoms with Crippen LogP contribution in [0.2, 0.25) is 0 Å². The lowest BCUT2D eigenvalue weighted by atomic mass is 10.2. The summed E-state index contributed by atoms with van der Waals surface area (Å²) in [7, 11) is 1.94. The molecule has 0 aromatic heterocycles. The third kappa shape index (κ3) is 5.75. The second kappa shape index (κ2) is 8.34. The fourth-order valence-corrected chi connectivity index (χ4v) is 2.31. The van der Waals surface area contributed by atoms with Crippen LogP contribution in [0, 0.1) is 6.92 Å². The topological polar surface area (TPSA) is 41.6 Å². The van der Waals surface area contributed by atoms with E-state index in [0.717, 1.165) is 17.0 Å². The van der Waals surface area contributed by atoms with Crippen LogP contribution in [0.5, 0.6) is 5.75 Å². The summed E-state index contributed by atoms with van der Waals surface area (Å²) in [5.41, 5.74) is 3.16. The summed E-state index contributed by atoms with van der Waals surface area (Å²) < 4.78 is 5.43. The molecule has 0 aliphatic carbocycles. The van der Waals surface area contributed by atoms with Crippen LogP contribution in [0.1, 0.15) is 18.1 Å². The van der Waals surface area contributed by atoms with Crippen LogP contribution in [0.15, 0.2) is 48.5 Å². The molecule has 1 amide bonds. The van der Waals surface area contributed by atoms with E-state index in [4.69, 9.17) is 4.74 Å². The van der Waals surface area contributed by atoms with Gasteiger partial charge in [-0.15, -0.1) is 0 Å². The number of anilines is 1. The molecule has 0 aliphatic rings. The van der Waals surface area contributed by atoms with Crippen LogP contribution in [-0.4, -0.2) is 31.0 Å². The van der Waals surface area contributed by atoms with Crippen molar-refractivity contribution >= 4 is 11.6 Å². The van der Waals surface area contributed by atoms with Crippen LogP contribution in [0.4, 0.5) is 5.69 Å². The van der Waals surface area contributed by atoms with E-state index in [1.807, 2.05) is 74.3 Å². The lowest BCUT2D eigenvalue weighted by Gasteiger charge is -2.16. The molecule has 0 spiro atoms. The lowest BCUT2D eigenvalue weighted by Crippen LogP contribution is -2.29. The molecule has 2 rings (SSSR count). The highest BCUT2D eigenvalue weighted by Crippen LogP contribution is 2.13. The van der Waals surface area contributed by atoms with Crippen LogP contribution >= 0.6 is 0 Å². The van der Waals surface area contributed by atoms with Crippen molar-refractivity contribution < 1.29 is 9.53 Å². The Labute approximate surface area is 138 Å².